The van der Waals surface area contributed by atoms with Crippen LogP contribution in [0.4, 0.5) is 4.39 Å². The zero-order valence-electron chi connectivity index (χ0n) is 15.8. The van der Waals surface area contributed by atoms with Gasteiger partial charge in [0.05, 0.1) is 11.6 Å². The van der Waals surface area contributed by atoms with Gasteiger partial charge in [-0.1, -0.05) is 30.3 Å². The Balaban J connectivity index is 2.14. The van der Waals surface area contributed by atoms with Crippen LogP contribution in [0.1, 0.15) is 23.6 Å². The lowest BCUT2D eigenvalue weighted by Gasteiger charge is -2.22. The molecule has 0 aliphatic carbocycles. The normalized spacial score (nSPS) is 12.3. The molecule has 0 saturated heterocycles. The zero-order chi connectivity index (χ0) is 21.4. The number of halogens is 1. The Morgan fingerprint density at radius 2 is 1.69 bits per heavy atom. The van der Waals surface area contributed by atoms with Gasteiger partial charge < -0.3 is 16.4 Å². The van der Waals surface area contributed by atoms with Crippen molar-refractivity contribution in [3.63, 3.8) is 0 Å². The number of carbonyl (C=O) groups excluding carboxylic acids is 3. The summed E-state index contributed by atoms with van der Waals surface area (Å²) in [6.45, 7) is 1.24. The van der Waals surface area contributed by atoms with Crippen molar-refractivity contribution in [3.05, 3.63) is 71.0 Å². The van der Waals surface area contributed by atoms with E-state index in [2.05, 4.69) is 10.6 Å². The van der Waals surface area contributed by atoms with E-state index in [4.69, 9.17) is 11.0 Å². The first-order valence-electron chi connectivity index (χ1n) is 8.89. The molecule has 29 heavy (non-hydrogen) atoms. The number of primary amides is 1. The van der Waals surface area contributed by atoms with Crippen LogP contribution in [-0.4, -0.2) is 29.8 Å². The highest BCUT2D eigenvalue weighted by Gasteiger charge is 2.26. The first-order chi connectivity index (χ1) is 13.8. The molecule has 0 saturated carbocycles. The van der Waals surface area contributed by atoms with E-state index in [0.717, 1.165) is 0 Å². The summed E-state index contributed by atoms with van der Waals surface area (Å²) >= 11 is 0. The highest BCUT2D eigenvalue weighted by atomic mass is 19.1. The summed E-state index contributed by atoms with van der Waals surface area (Å²) < 4.78 is 13.9. The van der Waals surface area contributed by atoms with Gasteiger partial charge in [0.25, 0.3) is 0 Å². The Labute approximate surface area is 167 Å². The van der Waals surface area contributed by atoms with Crippen molar-refractivity contribution in [1.29, 1.82) is 5.26 Å². The minimum absolute atomic E-state index is 0.0829. The Hall–Kier alpha value is -3.73. The number of benzene rings is 2. The van der Waals surface area contributed by atoms with Crippen molar-refractivity contribution in [2.45, 2.75) is 31.8 Å². The molecule has 0 bridgehead atoms. The summed E-state index contributed by atoms with van der Waals surface area (Å²) in [6, 6.07) is 12.3. The molecule has 0 heterocycles. The van der Waals surface area contributed by atoms with Gasteiger partial charge in [-0.25, -0.2) is 4.39 Å². The van der Waals surface area contributed by atoms with Gasteiger partial charge in [-0.3, -0.25) is 14.4 Å². The molecular weight excluding hydrogens is 375 g/mol. The molecule has 0 radical (unpaired) electrons. The van der Waals surface area contributed by atoms with Crippen LogP contribution in [0.5, 0.6) is 0 Å². The number of hydrogen-bond donors (Lipinski definition) is 3. The van der Waals surface area contributed by atoms with E-state index in [0.29, 0.717) is 11.1 Å². The number of nitriles is 1. The molecule has 0 spiro atoms. The number of nitrogens with two attached hydrogens (primary N) is 1. The van der Waals surface area contributed by atoms with Crippen LogP contribution >= 0.6 is 0 Å². The van der Waals surface area contributed by atoms with Gasteiger partial charge in [0.1, 0.15) is 17.9 Å². The van der Waals surface area contributed by atoms with Gasteiger partial charge in [-0.05, 0) is 29.3 Å². The second-order valence-electron chi connectivity index (χ2n) is 6.53. The van der Waals surface area contributed by atoms with Crippen LogP contribution in [-0.2, 0) is 27.2 Å². The van der Waals surface area contributed by atoms with E-state index < -0.39 is 35.6 Å². The molecule has 0 aliphatic rings. The molecule has 4 N–H and O–H groups in total. The molecule has 2 atom stereocenters. The fourth-order valence-corrected chi connectivity index (χ4v) is 2.78. The summed E-state index contributed by atoms with van der Waals surface area (Å²) in [6.07, 6.45) is 0.0275. The SMILES string of the molecule is CC(=O)N[C@@H](Cc1ccccc1F)C(=O)N[C@@H](Cc1ccc(C#N)cc1)C(N)=O. The second kappa shape index (κ2) is 9.99. The molecule has 8 heteroatoms. The van der Waals surface area contributed by atoms with Gasteiger partial charge in [0, 0.05) is 19.8 Å². The lowest BCUT2D eigenvalue weighted by atomic mass is 10.0. The van der Waals surface area contributed by atoms with Gasteiger partial charge >= 0.3 is 0 Å². The number of nitrogens with zero attached hydrogens (tertiary/aromatic N) is 1. The standard InChI is InChI=1S/C21H21FN4O3/c1-13(27)25-19(11-16-4-2-3-5-17(16)22)21(29)26-18(20(24)28)10-14-6-8-15(12-23)9-7-14/h2-9,18-19H,10-11H2,1H3,(H2,24,28)(H,25,27)(H,26,29)/t18-,19-/m0/s1. The van der Waals surface area contributed by atoms with Gasteiger partial charge in [0.15, 0.2) is 0 Å². The second-order valence-corrected chi connectivity index (χ2v) is 6.53. The molecule has 0 fully saturated rings. The number of rotatable bonds is 8. The van der Waals surface area contributed by atoms with Crippen molar-refractivity contribution in [1.82, 2.24) is 10.6 Å². The van der Waals surface area contributed by atoms with Crippen molar-refractivity contribution >= 4 is 17.7 Å². The van der Waals surface area contributed by atoms with Crippen LogP contribution in [0.25, 0.3) is 0 Å². The maximum Gasteiger partial charge on any atom is 0.243 e. The van der Waals surface area contributed by atoms with Crippen LogP contribution in [0.15, 0.2) is 48.5 Å². The molecular formula is C21H21FN4O3. The maximum absolute atomic E-state index is 13.9. The quantitative estimate of drug-likeness (QED) is 0.614. The highest BCUT2D eigenvalue weighted by Crippen LogP contribution is 2.11. The smallest absolute Gasteiger partial charge is 0.243 e. The topological polar surface area (TPSA) is 125 Å². The average Bonchev–Trinajstić information content (AvgIpc) is 2.68. The van der Waals surface area contributed by atoms with E-state index in [9.17, 15) is 18.8 Å². The fraction of sp³-hybridized carbons (Fsp3) is 0.238. The third kappa shape index (κ3) is 6.43. The van der Waals surface area contributed by atoms with E-state index >= 15 is 0 Å². The molecule has 7 nitrogen and oxygen atoms in total. The van der Waals surface area contributed by atoms with Gasteiger partial charge in [-0.2, -0.15) is 5.26 Å². The molecule has 0 aliphatic heterocycles. The number of amides is 3. The first kappa shape index (κ1) is 21.6. The average molecular weight is 396 g/mol. The van der Waals surface area contributed by atoms with Gasteiger partial charge in [-0.15, -0.1) is 0 Å². The summed E-state index contributed by atoms with van der Waals surface area (Å²) in [5, 5.41) is 13.8. The largest absolute Gasteiger partial charge is 0.368 e. The number of hydrogen-bond acceptors (Lipinski definition) is 4. The fourth-order valence-electron chi connectivity index (χ4n) is 2.78. The Morgan fingerprint density at radius 3 is 2.24 bits per heavy atom. The Morgan fingerprint density at radius 1 is 1.03 bits per heavy atom. The maximum atomic E-state index is 13.9. The third-order valence-electron chi connectivity index (χ3n) is 4.26. The molecule has 2 aromatic rings. The summed E-state index contributed by atoms with van der Waals surface area (Å²) in [5.41, 5.74) is 6.82. The van der Waals surface area contributed by atoms with E-state index in [-0.39, 0.29) is 18.4 Å². The summed E-state index contributed by atoms with van der Waals surface area (Å²) in [5.74, 6) is -2.38. The Bertz CT molecular complexity index is 938. The van der Waals surface area contributed by atoms with E-state index in [1.54, 1.807) is 30.3 Å². The van der Waals surface area contributed by atoms with Crippen LogP contribution in [0, 0.1) is 17.1 Å². The predicted octanol–water partition coefficient (Wildman–Crippen LogP) is 0.957. The first-order valence-corrected chi connectivity index (χ1v) is 8.89. The van der Waals surface area contributed by atoms with Crippen LogP contribution in [0.3, 0.4) is 0 Å². The number of nitrogens with one attached hydrogen (secondary N) is 2. The Kier molecular flexibility index (Phi) is 7.43. The van der Waals surface area contributed by atoms with Crippen molar-refractivity contribution < 1.29 is 18.8 Å². The predicted molar refractivity (Wildman–Crippen MR) is 104 cm³/mol. The molecule has 0 unspecified atom stereocenters. The third-order valence-corrected chi connectivity index (χ3v) is 4.26. The minimum Gasteiger partial charge on any atom is -0.368 e. The minimum atomic E-state index is -1.08. The van der Waals surface area contributed by atoms with E-state index in [1.165, 1.54) is 25.1 Å². The van der Waals surface area contributed by atoms with Crippen molar-refractivity contribution in [3.8, 4) is 6.07 Å². The summed E-state index contributed by atoms with van der Waals surface area (Å²) in [4.78, 5) is 36.0. The molecule has 3 amide bonds. The molecule has 150 valence electrons. The van der Waals surface area contributed by atoms with Crippen LogP contribution < -0.4 is 16.4 Å². The molecule has 2 aromatic carbocycles. The van der Waals surface area contributed by atoms with Crippen molar-refractivity contribution in [2.24, 2.45) is 5.73 Å². The van der Waals surface area contributed by atoms with Crippen molar-refractivity contribution in [2.75, 3.05) is 0 Å². The summed E-state index contributed by atoms with van der Waals surface area (Å²) in [7, 11) is 0. The van der Waals surface area contributed by atoms with Gasteiger partial charge in [0.2, 0.25) is 17.7 Å². The highest BCUT2D eigenvalue weighted by molar-refractivity contribution is 5.91. The molecule has 0 aromatic heterocycles. The lowest BCUT2D eigenvalue weighted by Crippen LogP contribution is -2.54. The zero-order valence-corrected chi connectivity index (χ0v) is 15.8. The number of carbonyl (C=O) groups is 3. The van der Waals surface area contributed by atoms with Crippen LogP contribution in [0.2, 0.25) is 0 Å². The van der Waals surface area contributed by atoms with E-state index in [1.807, 2.05) is 6.07 Å². The monoisotopic (exact) mass is 396 g/mol. The molecule has 2 rings (SSSR count). The lowest BCUT2D eigenvalue weighted by molar-refractivity contribution is -0.130.